The Balaban J connectivity index is 1.98. The van der Waals surface area contributed by atoms with Crippen LogP contribution in [0.1, 0.15) is 12.8 Å². The minimum atomic E-state index is 0.480. The average molecular weight is 153 g/mol. The molecule has 2 heterocycles. The fraction of sp³-hybridized carbons (Fsp3) is 0.778. The molecule has 2 fully saturated rings. The topological polar surface area (TPSA) is 12.5 Å². The largest absolute Gasteiger partial charge is 0.380 e. The monoisotopic (exact) mass is 153 g/mol. The highest BCUT2D eigenvalue weighted by atomic mass is 16.5. The molecule has 2 aliphatic rings. The van der Waals surface area contributed by atoms with Crippen molar-refractivity contribution in [3.8, 4) is 0 Å². The smallest absolute Gasteiger partial charge is 0.0713 e. The third-order valence-electron chi connectivity index (χ3n) is 2.77. The van der Waals surface area contributed by atoms with E-state index in [1.807, 2.05) is 7.11 Å². The van der Waals surface area contributed by atoms with E-state index in [1.54, 1.807) is 0 Å². The molecule has 11 heavy (non-hydrogen) atoms. The van der Waals surface area contributed by atoms with Crippen LogP contribution < -0.4 is 0 Å². The molecule has 2 rings (SSSR count). The summed E-state index contributed by atoms with van der Waals surface area (Å²) in [7, 11) is 1.81. The first-order chi connectivity index (χ1) is 5.29. The predicted molar refractivity (Wildman–Crippen MR) is 44.5 cm³/mol. The highest BCUT2D eigenvalue weighted by Gasteiger charge is 2.36. The number of nitrogens with zero attached hydrogens (tertiary/aromatic N) is 1. The van der Waals surface area contributed by atoms with E-state index in [4.69, 9.17) is 4.74 Å². The van der Waals surface area contributed by atoms with Gasteiger partial charge in [0.25, 0.3) is 0 Å². The fourth-order valence-electron chi connectivity index (χ4n) is 2.20. The molecule has 0 N–H and O–H groups in total. The first kappa shape index (κ1) is 7.32. The van der Waals surface area contributed by atoms with Crippen molar-refractivity contribution in [2.75, 3.05) is 20.2 Å². The summed E-state index contributed by atoms with van der Waals surface area (Å²) in [5, 5.41) is 0. The second-order valence-corrected chi connectivity index (χ2v) is 3.63. The van der Waals surface area contributed by atoms with Crippen LogP contribution in [0.2, 0.25) is 0 Å². The molecule has 2 aliphatic heterocycles. The van der Waals surface area contributed by atoms with E-state index in [1.165, 1.54) is 18.4 Å². The summed E-state index contributed by atoms with van der Waals surface area (Å²) in [6, 6.07) is 0.743. The van der Waals surface area contributed by atoms with Crippen molar-refractivity contribution in [1.29, 1.82) is 0 Å². The van der Waals surface area contributed by atoms with Gasteiger partial charge < -0.3 is 4.74 Å². The summed E-state index contributed by atoms with van der Waals surface area (Å²) in [5.41, 5.74) is 1.39. The first-order valence-corrected chi connectivity index (χ1v) is 4.23. The van der Waals surface area contributed by atoms with Gasteiger partial charge in [-0.05, 0) is 12.8 Å². The lowest BCUT2D eigenvalue weighted by Crippen LogP contribution is -2.23. The van der Waals surface area contributed by atoms with Gasteiger partial charge in [-0.1, -0.05) is 12.2 Å². The lowest BCUT2D eigenvalue weighted by molar-refractivity contribution is 0.109. The van der Waals surface area contributed by atoms with Crippen molar-refractivity contribution >= 4 is 0 Å². The zero-order valence-corrected chi connectivity index (χ0v) is 7.05. The Morgan fingerprint density at radius 2 is 2.45 bits per heavy atom. The minimum Gasteiger partial charge on any atom is -0.380 e. The molecular formula is C9H15NO. The molecule has 0 amide bonds. The van der Waals surface area contributed by atoms with E-state index < -0.39 is 0 Å². The third kappa shape index (κ3) is 1.21. The molecule has 0 aliphatic carbocycles. The van der Waals surface area contributed by atoms with E-state index in [9.17, 15) is 0 Å². The molecule has 2 atom stereocenters. The normalized spacial score (nSPS) is 38.1. The fourth-order valence-corrected chi connectivity index (χ4v) is 2.20. The summed E-state index contributed by atoms with van der Waals surface area (Å²) in [6.07, 6.45) is 2.88. The summed E-state index contributed by atoms with van der Waals surface area (Å²) < 4.78 is 5.31. The molecule has 62 valence electrons. The molecule has 0 aromatic rings. The molecule has 0 saturated carbocycles. The van der Waals surface area contributed by atoms with Crippen LogP contribution in [0.5, 0.6) is 0 Å². The molecule has 2 heteroatoms. The highest BCUT2D eigenvalue weighted by Crippen LogP contribution is 2.30. The lowest BCUT2D eigenvalue weighted by Gasteiger charge is -2.11. The van der Waals surface area contributed by atoms with Gasteiger partial charge in [0.1, 0.15) is 0 Å². The van der Waals surface area contributed by atoms with Gasteiger partial charge in [0, 0.05) is 26.2 Å². The lowest BCUT2D eigenvalue weighted by atomic mass is 10.1. The van der Waals surface area contributed by atoms with Crippen LogP contribution in [0.25, 0.3) is 0 Å². The van der Waals surface area contributed by atoms with Gasteiger partial charge in [0.05, 0.1) is 6.10 Å². The first-order valence-electron chi connectivity index (χ1n) is 4.23. The van der Waals surface area contributed by atoms with Crippen LogP contribution >= 0.6 is 0 Å². The van der Waals surface area contributed by atoms with E-state index in [-0.39, 0.29) is 0 Å². The maximum atomic E-state index is 5.31. The van der Waals surface area contributed by atoms with Crippen LogP contribution in [0.15, 0.2) is 12.2 Å². The van der Waals surface area contributed by atoms with Crippen LogP contribution in [0.3, 0.4) is 0 Å². The Morgan fingerprint density at radius 1 is 1.64 bits per heavy atom. The minimum absolute atomic E-state index is 0.480. The van der Waals surface area contributed by atoms with Crippen LogP contribution in [0.4, 0.5) is 0 Å². The Labute approximate surface area is 67.8 Å². The molecule has 0 bridgehead atoms. The molecule has 0 aromatic carbocycles. The van der Waals surface area contributed by atoms with E-state index in [2.05, 4.69) is 11.5 Å². The van der Waals surface area contributed by atoms with Gasteiger partial charge >= 0.3 is 0 Å². The summed E-state index contributed by atoms with van der Waals surface area (Å²) >= 11 is 0. The molecule has 0 radical (unpaired) electrons. The average Bonchev–Trinajstić information content (AvgIpc) is 2.43. The van der Waals surface area contributed by atoms with Crippen molar-refractivity contribution in [2.45, 2.75) is 25.0 Å². The quantitative estimate of drug-likeness (QED) is 0.522. The summed E-state index contributed by atoms with van der Waals surface area (Å²) in [5.74, 6) is 0. The third-order valence-corrected chi connectivity index (χ3v) is 2.77. The molecule has 0 aromatic heterocycles. The van der Waals surface area contributed by atoms with E-state index in [0.29, 0.717) is 6.10 Å². The summed E-state index contributed by atoms with van der Waals surface area (Å²) in [6.45, 7) is 6.22. The Bertz CT molecular complexity index is 162. The second kappa shape index (κ2) is 2.61. The van der Waals surface area contributed by atoms with Crippen molar-refractivity contribution in [1.82, 2.24) is 4.90 Å². The van der Waals surface area contributed by atoms with Crippen molar-refractivity contribution < 1.29 is 4.74 Å². The Morgan fingerprint density at radius 3 is 3.09 bits per heavy atom. The van der Waals surface area contributed by atoms with Gasteiger partial charge in [-0.3, -0.25) is 4.90 Å². The van der Waals surface area contributed by atoms with E-state index >= 15 is 0 Å². The number of hydrogen-bond donors (Lipinski definition) is 0. The zero-order valence-electron chi connectivity index (χ0n) is 7.05. The zero-order chi connectivity index (χ0) is 7.84. The highest BCUT2D eigenvalue weighted by molar-refractivity contribution is 5.11. The number of rotatable bonds is 1. The van der Waals surface area contributed by atoms with Gasteiger partial charge in [-0.25, -0.2) is 0 Å². The van der Waals surface area contributed by atoms with Crippen molar-refractivity contribution in [3.05, 3.63) is 12.2 Å². The Hall–Kier alpha value is -0.340. The maximum absolute atomic E-state index is 5.31. The van der Waals surface area contributed by atoms with Gasteiger partial charge in [0.2, 0.25) is 0 Å². The predicted octanol–water partition coefficient (Wildman–Crippen LogP) is 1.04. The number of hydrogen-bond acceptors (Lipinski definition) is 2. The van der Waals surface area contributed by atoms with Gasteiger partial charge in [0.15, 0.2) is 0 Å². The Kier molecular flexibility index (Phi) is 1.74. The van der Waals surface area contributed by atoms with Crippen molar-refractivity contribution in [3.63, 3.8) is 0 Å². The van der Waals surface area contributed by atoms with E-state index in [0.717, 1.165) is 19.1 Å². The molecule has 0 spiro atoms. The number of methoxy groups -OCH3 is 1. The SMILES string of the molecule is C=C1C[C@@H]2C[C@H](OC)CN2C1. The number of ether oxygens (including phenoxy) is 1. The molecule has 0 unspecified atom stereocenters. The maximum Gasteiger partial charge on any atom is 0.0713 e. The molecule has 2 saturated heterocycles. The molecular weight excluding hydrogens is 138 g/mol. The number of fused-ring (bicyclic) bond motifs is 1. The van der Waals surface area contributed by atoms with Crippen LogP contribution in [-0.4, -0.2) is 37.2 Å². The van der Waals surface area contributed by atoms with Gasteiger partial charge in [-0.15, -0.1) is 0 Å². The standard InChI is InChI=1S/C9H15NO/c1-7-3-8-4-9(11-2)6-10(8)5-7/h8-9H,1,3-6H2,2H3/t8-,9+/m1/s1. The summed E-state index contributed by atoms with van der Waals surface area (Å²) in [4.78, 5) is 2.48. The second-order valence-electron chi connectivity index (χ2n) is 3.63. The van der Waals surface area contributed by atoms with Gasteiger partial charge in [-0.2, -0.15) is 0 Å². The van der Waals surface area contributed by atoms with Crippen LogP contribution in [0, 0.1) is 0 Å². The van der Waals surface area contributed by atoms with Crippen molar-refractivity contribution in [2.24, 2.45) is 0 Å². The van der Waals surface area contributed by atoms with Crippen LogP contribution in [-0.2, 0) is 4.74 Å². The molecule has 2 nitrogen and oxygen atoms in total.